The number of H-pyrrole nitrogens is 1. The van der Waals surface area contributed by atoms with Crippen molar-refractivity contribution in [2.45, 2.75) is 19.5 Å². The van der Waals surface area contributed by atoms with Crippen LogP contribution in [0.25, 0.3) is 11.3 Å². The number of hydrogen-bond acceptors (Lipinski definition) is 4. The molecule has 31 heavy (non-hydrogen) atoms. The number of aromatic amines is 1. The number of hydrogen-bond donors (Lipinski definition) is 2. The molecule has 8 heteroatoms. The minimum Gasteiger partial charge on any atom is -0.496 e. The minimum absolute atomic E-state index is 0.212. The number of aromatic nitrogens is 4. The Morgan fingerprint density at radius 1 is 1.26 bits per heavy atom. The molecule has 2 aromatic carbocycles. The Kier molecular flexibility index (Phi) is 6.04. The lowest BCUT2D eigenvalue weighted by atomic mass is 10.0. The van der Waals surface area contributed by atoms with Crippen LogP contribution in [0.2, 0.25) is 5.02 Å². The third kappa shape index (κ3) is 4.62. The number of nitrogens with one attached hydrogen (secondary N) is 2. The molecule has 0 aliphatic carbocycles. The van der Waals surface area contributed by atoms with Gasteiger partial charge in [0.25, 0.3) is 5.91 Å². The fourth-order valence-electron chi connectivity index (χ4n) is 3.41. The van der Waals surface area contributed by atoms with Crippen molar-refractivity contribution in [1.82, 2.24) is 25.3 Å². The average Bonchev–Trinajstić information content (AvgIpc) is 3.46. The summed E-state index contributed by atoms with van der Waals surface area (Å²) in [6.45, 7) is 2.52. The van der Waals surface area contributed by atoms with Gasteiger partial charge in [-0.25, -0.2) is 0 Å². The fraction of sp³-hybridized carbons (Fsp3) is 0.174. The molecule has 2 heterocycles. The van der Waals surface area contributed by atoms with Crippen LogP contribution in [-0.4, -0.2) is 33.0 Å². The second-order valence-corrected chi connectivity index (χ2v) is 7.57. The number of carbonyl (C=O) groups excluding carboxylic acids is 1. The number of benzene rings is 2. The van der Waals surface area contributed by atoms with E-state index in [2.05, 4.69) is 20.6 Å². The van der Waals surface area contributed by atoms with Crippen molar-refractivity contribution in [3.8, 4) is 17.0 Å². The van der Waals surface area contributed by atoms with E-state index in [0.29, 0.717) is 22.8 Å². The smallest absolute Gasteiger partial charge is 0.255 e. The average molecular weight is 436 g/mol. The molecule has 1 amide bonds. The molecular formula is C23H22ClN5O2. The number of halogens is 1. The molecule has 7 nitrogen and oxygen atoms in total. The second kappa shape index (κ2) is 9.06. The molecule has 0 saturated carbocycles. The first-order valence-electron chi connectivity index (χ1n) is 9.79. The number of methoxy groups -OCH3 is 1. The van der Waals surface area contributed by atoms with Crippen molar-refractivity contribution in [3.05, 3.63) is 88.8 Å². The predicted molar refractivity (Wildman–Crippen MR) is 119 cm³/mol. The van der Waals surface area contributed by atoms with Gasteiger partial charge in [0.2, 0.25) is 0 Å². The van der Waals surface area contributed by atoms with Gasteiger partial charge in [0.05, 0.1) is 37.2 Å². The molecule has 0 saturated heterocycles. The van der Waals surface area contributed by atoms with Gasteiger partial charge in [0.1, 0.15) is 5.75 Å². The van der Waals surface area contributed by atoms with E-state index in [1.165, 1.54) is 6.20 Å². The molecule has 0 radical (unpaired) electrons. The first-order valence-corrected chi connectivity index (χ1v) is 10.2. The van der Waals surface area contributed by atoms with Crippen LogP contribution in [0.15, 0.2) is 67.1 Å². The maximum absolute atomic E-state index is 13.0. The zero-order valence-corrected chi connectivity index (χ0v) is 17.9. The Balaban J connectivity index is 1.53. The zero-order valence-electron chi connectivity index (χ0n) is 17.2. The number of amides is 1. The van der Waals surface area contributed by atoms with Gasteiger partial charge in [0.15, 0.2) is 0 Å². The van der Waals surface area contributed by atoms with Gasteiger partial charge in [0, 0.05) is 28.5 Å². The van der Waals surface area contributed by atoms with Crippen molar-refractivity contribution in [2.24, 2.45) is 0 Å². The molecule has 4 aromatic rings. The van der Waals surface area contributed by atoms with E-state index in [-0.39, 0.29) is 11.9 Å². The van der Waals surface area contributed by atoms with Crippen LogP contribution in [0.1, 0.15) is 34.5 Å². The van der Waals surface area contributed by atoms with Crippen molar-refractivity contribution >= 4 is 17.5 Å². The van der Waals surface area contributed by atoms with Crippen LogP contribution in [0.4, 0.5) is 0 Å². The van der Waals surface area contributed by atoms with Gasteiger partial charge in [-0.05, 0) is 42.8 Å². The molecular weight excluding hydrogens is 414 g/mol. The minimum atomic E-state index is -0.220. The maximum Gasteiger partial charge on any atom is 0.255 e. The summed E-state index contributed by atoms with van der Waals surface area (Å²) < 4.78 is 7.32. The molecule has 2 N–H and O–H groups in total. The lowest BCUT2D eigenvalue weighted by Crippen LogP contribution is -2.27. The zero-order chi connectivity index (χ0) is 21.8. The lowest BCUT2D eigenvalue weighted by molar-refractivity contribution is 0.0940. The molecule has 0 bridgehead atoms. The van der Waals surface area contributed by atoms with Crippen molar-refractivity contribution < 1.29 is 9.53 Å². The van der Waals surface area contributed by atoms with E-state index in [0.717, 1.165) is 22.4 Å². The van der Waals surface area contributed by atoms with Gasteiger partial charge in [-0.1, -0.05) is 29.8 Å². The molecule has 1 atom stereocenters. The highest BCUT2D eigenvalue weighted by molar-refractivity contribution is 6.30. The van der Waals surface area contributed by atoms with Crippen LogP contribution < -0.4 is 10.1 Å². The van der Waals surface area contributed by atoms with Gasteiger partial charge < -0.3 is 10.1 Å². The van der Waals surface area contributed by atoms with Crippen LogP contribution in [0.5, 0.6) is 5.75 Å². The highest BCUT2D eigenvalue weighted by atomic mass is 35.5. The predicted octanol–water partition coefficient (Wildman–Crippen LogP) is 4.47. The molecule has 158 valence electrons. The number of carbonyl (C=O) groups is 1. The Bertz CT molecular complexity index is 1170. The topological polar surface area (TPSA) is 84.8 Å². The van der Waals surface area contributed by atoms with Gasteiger partial charge in [-0.15, -0.1) is 0 Å². The Morgan fingerprint density at radius 3 is 2.77 bits per heavy atom. The molecule has 0 fully saturated rings. The second-order valence-electron chi connectivity index (χ2n) is 7.14. The van der Waals surface area contributed by atoms with Crippen molar-refractivity contribution in [3.63, 3.8) is 0 Å². The third-order valence-electron chi connectivity index (χ3n) is 5.06. The summed E-state index contributed by atoms with van der Waals surface area (Å²) in [5.74, 6) is 0.563. The number of nitrogens with zero attached hydrogens (tertiary/aromatic N) is 3. The summed E-state index contributed by atoms with van der Waals surface area (Å²) in [7, 11) is 1.64. The van der Waals surface area contributed by atoms with Gasteiger partial charge in [-0.3, -0.25) is 14.6 Å². The van der Waals surface area contributed by atoms with Crippen LogP contribution in [-0.2, 0) is 6.54 Å². The Labute approximate surface area is 185 Å². The van der Waals surface area contributed by atoms with Crippen LogP contribution >= 0.6 is 11.6 Å². The molecule has 0 unspecified atom stereocenters. The molecule has 0 spiro atoms. The van der Waals surface area contributed by atoms with E-state index in [1.54, 1.807) is 25.4 Å². The van der Waals surface area contributed by atoms with E-state index in [9.17, 15) is 4.79 Å². The van der Waals surface area contributed by atoms with Crippen molar-refractivity contribution in [2.75, 3.05) is 7.11 Å². The van der Waals surface area contributed by atoms with Crippen molar-refractivity contribution in [1.29, 1.82) is 0 Å². The summed E-state index contributed by atoms with van der Waals surface area (Å²) in [6, 6.07) is 14.8. The SMILES string of the molecule is COc1ccc([C@@H](C)NC(=O)c2cn[nH]c2-c2ccc(Cl)cc2)cc1Cn1cccn1. The number of rotatable bonds is 7. The highest BCUT2D eigenvalue weighted by Gasteiger charge is 2.19. The highest BCUT2D eigenvalue weighted by Crippen LogP contribution is 2.26. The van der Waals surface area contributed by atoms with E-state index in [1.807, 2.05) is 54.2 Å². The maximum atomic E-state index is 13.0. The van der Waals surface area contributed by atoms with Gasteiger partial charge in [-0.2, -0.15) is 10.2 Å². The van der Waals surface area contributed by atoms with E-state index in [4.69, 9.17) is 16.3 Å². The fourth-order valence-corrected chi connectivity index (χ4v) is 3.54. The summed E-state index contributed by atoms with van der Waals surface area (Å²) in [4.78, 5) is 13.0. The van der Waals surface area contributed by atoms with Gasteiger partial charge >= 0.3 is 0 Å². The first kappa shape index (κ1) is 20.7. The third-order valence-corrected chi connectivity index (χ3v) is 5.31. The molecule has 0 aliphatic heterocycles. The lowest BCUT2D eigenvalue weighted by Gasteiger charge is -2.17. The molecule has 2 aromatic heterocycles. The summed E-state index contributed by atoms with van der Waals surface area (Å²) >= 11 is 5.97. The van der Waals surface area contributed by atoms with E-state index >= 15 is 0 Å². The Morgan fingerprint density at radius 2 is 2.06 bits per heavy atom. The van der Waals surface area contributed by atoms with E-state index < -0.39 is 0 Å². The largest absolute Gasteiger partial charge is 0.496 e. The summed E-state index contributed by atoms with van der Waals surface area (Å²) in [6.07, 6.45) is 5.17. The molecule has 4 rings (SSSR count). The monoisotopic (exact) mass is 435 g/mol. The quantitative estimate of drug-likeness (QED) is 0.448. The summed E-state index contributed by atoms with van der Waals surface area (Å²) in [5.41, 5.74) is 3.91. The standard InChI is InChI=1S/C23H22ClN5O2/c1-15(17-6-9-21(31-2)18(12-17)14-29-11-3-10-26-29)27-23(30)20-13-25-28-22(20)16-4-7-19(24)8-5-16/h3-13,15H,14H2,1-2H3,(H,25,28)(H,27,30)/t15-/m1/s1. The molecule has 0 aliphatic rings. The van der Waals surface area contributed by atoms with Crippen LogP contribution in [0, 0.1) is 0 Å². The number of ether oxygens (including phenoxy) is 1. The first-order chi connectivity index (χ1) is 15.0. The Hall–Kier alpha value is -3.58. The van der Waals surface area contributed by atoms with Crippen LogP contribution in [0.3, 0.4) is 0 Å². The summed E-state index contributed by atoms with van der Waals surface area (Å²) in [5, 5.41) is 14.9. The normalized spacial score (nSPS) is 11.8.